The van der Waals surface area contributed by atoms with Crippen LogP contribution in [0.25, 0.3) is 6.08 Å². The van der Waals surface area contributed by atoms with Crippen molar-refractivity contribution in [3.05, 3.63) is 53.1 Å². The molecule has 20 heavy (non-hydrogen) atoms. The molecule has 3 rings (SSSR count). The van der Waals surface area contributed by atoms with E-state index in [9.17, 15) is 0 Å². The topological polar surface area (TPSA) is 0 Å². The van der Waals surface area contributed by atoms with Crippen LogP contribution in [0.4, 0.5) is 0 Å². The van der Waals surface area contributed by atoms with Crippen LogP contribution in [0, 0.1) is 0 Å². The van der Waals surface area contributed by atoms with Crippen molar-refractivity contribution in [3.63, 3.8) is 0 Å². The van der Waals surface area contributed by atoms with Gasteiger partial charge in [-0.3, -0.25) is 0 Å². The summed E-state index contributed by atoms with van der Waals surface area (Å²) in [7, 11) is -1.23. The molecule has 2 aliphatic rings. The Hall–Kier alpha value is -0.0488. The van der Waals surface area contributed by atoms with Crippen LogP contribution in [0.1, 0.15) is 17.0 Å². The minimum Gasteiger partial charge on any atom is -0.147 e. The van der Waals surface area contributed by atoms with Crippen molar-refractivity contribution in [3.8, 4) is 0 Å². The first kappa shape index (κ1) is 18.0. The second-order valence-electron chi connectivity index (χ2n) is 6.11. The molecule has 1 atom stereocenters. The molecule has 0 heterocycles. The Morgan fingerprint density at radius 3 is 2.40 bits per heavy atom. The molecular weight excluding hydrogens is 339 g/mol. The second-order valence-corrected chi connectivity index (χ2v) is 11.9. The Labute approximate surface area is 146 Å². The van der Waals surface area contributed by atoms with Gasteiger partial charge < -0.3 is 0 Å². The van der Waals surface area contributed by atoms with Crippen molar-refractivity contribution in [1.29, 1.82) is 0 Å². The summed E-state index contributed by atoms with van der Waals surface area (Å²) in [6, 6.07) is 4.73. The number of hydrogen-bond acceptors (Lipinski definition) is 0. The van der Waals surface area contributed by atoms with Crippen LogP contribution < -0.4 is 9.05 Å². The molecule has 1 aromatic carbocycles. The Morgan fingerprint density at radius 2 is 1.75 bits per heavy atom. The van der Waals surface area contributed by atoms with Crippen molar-refractivity contribution in [1.82, 2.24) is 0 Å². The van der Waals surface area contributed by atoms with Crippen molar-refractivity contribution in [2.45, 2.75) is 25.6 Å². The van der Waals surface area contributed by atoms with E-state index in [1.165, 1.54) is 20.6 Å². The Kier molecular flexibility index (Phi) is 5.74. The van der Waals surface area contributed by atoms with E-state index in [0.29, 0.717) is 5.92 Å². The molecule has 0 N–H and O–H groups in total. The third kappa shape index (κ3) is 2.93. The standard InChI is InChI=1S/C16H17Si.2ClH.Ti/c1-17(2,3)14-8-9-16-13(11-14)10-12-6-4-5-7-15(12)16;;;/h4-10,15H,1-3H3;2*1H;. The van der Waals surface area contributed by atoms with Gasteiger partial charge in [-0.2, -0.15) is 0 Å². The molecule has 0 saturated carbocycles. The van der Waals surface area contributed by atoms with Crippen molar-refractivity contribution in [2.24, 2.45) is 0 Å². The molecule has 1 unspecified atom stereocenters. The van der Waals surface area contributed by atoms with Gasteiger partial charge in [0, 0.05) is 0 Å². The maximum Gasteiger partial charge on any atom is -0.147 e. The van der Waals surface area contributed by atoms with Crippen LogP contribution in [-0.4, -0.2) is 8.07 Å². The van der Waals surface area contributed by atoms with E-state index >= 15 is 0 Å². The fourth-order valence-corrected chi connectivity index (χ4v) is 6.52. The predicted molar refractivity (Wildman–Crippen MR) is 92.6 cm³/mol. The van der Waals surface area contributed by atoms with Crippen LogP contribution in [0.2, 0.25) is 19.6 Å². The van der Waals surface area contributed by atoms with Gasteiger partial charge in [-0.05, 0) is 0 Å². The molecule has 0 bridgehead atoms. The first-order valence-corrected chi connectivity index (χ1v) is 10.7. The smallest absolute Gasteiger partial charge is 0.147 e. The van der Waals surface area contributed by atoms with Gasteiger partial charge in [-0.15, -0.1) is 24.8 Å². The molecule has 0 fully saturated rings. The van der Waals surface area contributed by atoms with Crippen LogP contribution in [0.3, 0.4) is 0 Å². The summed E-state index contributed by atoms with van der Waals surface area (Å²) in [5.74, 6) is 0.499. The van der Waals surface area contributed by atoms with Gasteiger partial charge >= 0.3 is 122 Å². The van der Waals surface area contributed by atoms with E-state index in [0.717, 1.165) is 0 Å². The molecule has 0 nitrogen and oxygen atoms in total. The second kappa shape index (κ2) is 6.37. The summed E-state index contributed by atoms with van der Waals surface area (Å²) in [6.07, 6.45) is 11.3. The van der Waals surface area contributed by atoms with E-state index in [2.05, 4.69) is 82.6 Å². The fraction of sp³-hybridized carbons (Fsp3) is 0.250. The molecule has 0 radical (unpaired) electrons. The van der Waals surface area contributed by atoms with Crippen LogP contribution in [-0.2, 0) is 20.4 Å². The minimum atomic E-state index is -1.23. The van der Waals surface area contributed by atoms with E-state index in [1.54, 1.807) is 5.19 Å². The molecule has 0 amide bonds. The van der Waals surface area contributed by atoms with Gasteiger partial charge in [0.15, 0.2) is 0 Å². The fourth-order valence-electron chi connectivity index (χ4n) is 2.83. The first-order chi connectivity index (χ1) is 8.48. The normalized spacial score (nSPS) is 18.5. The molecule has 0 saturated heterocycles. The zero-order valence-electron chi connectivity index (χ0n) is 11.9. The molecule has 0 spiro atoms. The van der Waals surface area contributed by atoms with E-state index < -0.39 is 8.07 Å². The van der Waals surface area contributed by atoms with Gasteiger partial charge in [0.05, 0.1) is 0 Å². The SMILES string of the molecule is C[Si](C)(C)c1ccc2c([c]1[Ti])C=C1C=CC=CC12.Cl.Cl. The number of halogens is 2. The molecule has 0 aromatic heterocycles. The van der Waals surface area contributed by atoms with Crippen molar-refractivity contribution < 1.29 is 20.4 Å². The summed E-state index contributed by atoms with van der Waals surface area (Å²) in [5, 5.41) is 1.60. The van der Waals surface area contributed by atoms with E-state index in [4.69, 9.17) is 0 Å². The zero-order valence-corrected chi connectivity index (χ0v) is 16.1. The van der Waals surface area contributed by atoms with Gasteiger partial charge in [-0.25, -0.2) is 0 Å². The summed E-state index contributed by atoms with van der Waals surface area (Å²) in [4.78, 5) is 0. The number of hydrogen-bond donors (Lipinski definition) is 0. The molecule has 1 aromatic rings. The van der Waals surface area contributed by atoms with E-state index in [-0.39, 0.29) is 24.8 Å². The van der Waals surface area contributed by atoms with E-state index in [1.807, 2.05) is 0 Å². The maximum atomic E-state index is 2.43. The minimum absolute atomic E-state index is 0. The van der Waals surface area contributed by atoms with Crippen LogP contribution >= 0.6 is 24.8 Å². The van der Waals surface area contributed by atoms with Crippen LogP contribution in [0.5, 0.6) is 0 Å². The third-order valence-electron chi connectivity index (χ3n) is 3.80. The summed E-state index contributed by atoms with van der Waals surface area (Å²) < 4.78 is 1.51. The number of fused-ring (bicyclic) bond motifs is 3. The average molecular weight is 358 g/mol. The van der Waals surface area contributed by atoms with Gasteiger partial charge in [-0.1, -0.05) is 0 Å². The van der Waals surface area contributed by atoms with Crippen molar-refractivity contribution >= 4 is 48.0 Å². The zero-order chi connectivity index (χ0) is 12.9. The number of allylic oxidation sites excluding steroid dienone is 5. The number of rotatable bonds is 1. The number of benzene rings is 1. The quantitative estimate of drug-likeness (QED) is 0.669. The Bertz CT molecular complexity index is 610. The Balaban J connectivity index is 0.000001000. The van der Waals surface area contributed by atoms with Crippen LogP contribution in [0.15, 0.2) is 42.0 Å². The van der Waals surface area contributed by atoms with Gasteiger partial charge in [0.25, 0.3) is 0 Å². The van der Waals surface area contributed by atoms with Crippen molar-refractivity contribution in [2.75, 3.05) is 0 Å². The molecule has 105 valence electrons. The Morgan fingerprint density at radius 1 is 1.05 bits per heavy atom. The summed E-state index contributed by atoms with van der Waals surface area (Å²) in [6.45, 7) is 7.28. The first-order valence-electron chi connectivity index (χ1n) is 6.44. The molecular formula is C16H19Cl2SiTi. The molecule has 0 aliphatic heterocycles. The summed E-state index contributed by atoms with van der Waals surface area (Å²) >= 11 is 2.30. The largest absolute Gasteiger partial charge is 0.147 e. The molecule has 4 heteroatoms. The average Bonchev–Trinajstić information content (AvgIpc) is 2.68. The van der Waals surface area contributed by atoms with Gasteiger partial charge in [0.1, 0.15) is 0 Å². The molecule has 2 aliphatic carbocycles. The monoisotopic (exact) mass is 357 g/mol. The van der Waals surface area contributed by atoms with Gasteiger partial charge in [0.2, 0.25) is 0 Å². The third-order valence-corrected chi connectivity index (χ3v) is 7.06. The maximum absolute atomic E-state index is 2.43. The predicted octanol–water partition coefficient (Wildman–Crippen LogP) is 3.85. The summed E-state index contributed by atoms with van der Waals surface area (Å²) in [5.41, 5.74) is 4.42.